The standard InChI is InChI=1S/C31H30N2O3S/c1-22-32-28-14-13-26(19-29(28)37-22)25-11-8-24(9-12-25)20-31(16-3-2-4-17-31)33(21-34)27-7-5-6-23(18-27)10-15-30(35)36/h5-15,18-19,21H,2-4,16-17,20H2,1H3,(H,35,36)/b15-10+. The molecule has 1 fully saturated rings. The van der Waals surface area contributed by atoms with E-state index in [1.54, 1.807) is 17.4 Å². The van der Waals surface area contributed by atoms with Crippen LogP contribution in [0.5, 0.6) is 0 Å². The van der Waals surface area contributed by atoms with Crippen LogP contribution in [-0.4, -0.2) is 28.0 Å². The van der Waals surface area contributed by atoms with Crippen molar-refractivity contribution in [3.05, 3.63) is 88.9 Å². The Balaban J connectivity index is 1.42. The van der Waals surface area contributed by atoms with Crippen LogP contribution in [0.2, 0.25) is 0 Å². The highest BCUT2D eigenvalue weighted by Gasteiger charge is 2.38. The molecule has 0 spiro atoms. The average Bonchev–Trinajstić information content (AvgIpc) is 3.28. The number of carboxylic acids is 1. The lowest BCUT2D eigenvalue weighted by atomic mass is 9.76. The Bertz CT molecular complexity index is 1450. The van der Waals surface area contributed by atoms with E-state index >= 15 is 0 Å². The van der Waals surface area contributed by atoms with Gasteiger partial charge >= 0.3 is 5.97 Å². The lowest BCUT2D eigenvalue weighted by Crippen LogP contribution is -2.51. The molecule has 5 nitrogen and oxygen atoms in total. The number of amides is 1. The normalized spacial score (nSPS) is 15.2. The number of carbonyl (C=O) groups excluding carboxylic acids is 1. The Kier molecular flexibility index (Phi) is 7.19. The summed E-state index contributed by atoms with van der Waals surface area (Å²) in [7, 11) is 0. The minimum absolute atomic E-state index is 0.310. The average molecular weight is 511 g/mol. The van der Waals surface area contributed by atoms with Crippen molar-refractivity contribution in [2.45, 2.75) is 51.0 Å². The molecule has 1 aromatic heterocycles. The first kappa shape index (κ1) is 24.9. The number of rotatable bonds is 8. The molecular formula is C31H30N2O3S. The number of aliphatic carboxylic acids is 1. The molecule has 0 atom stereocenters. The third-order valence-electron chi connectivity index (χ3n) is 7.28. The summed E-state index contributed by atoms with van der Waals surface area (Å²) in [5.74, 6) is -0.994. The van der Waals surface area contributed by atoms with E-state index in [-0.39, 0.29) is 5.54 Å². The molecule has 0 aliphatic heterocycles. The van der Waals surface area contributed by atoms with E-state index in [2.05, 4.69) is 47.4 Å². The summed E-state index contributed by atoms with van der Waals surface area (Å²) in [6.45, 7) is 2.03. The highest BCUT2D eigenvalue weighted by molar-refractivity contribution is 7.18. The summed E-state index contributed by atoms with van der Waals surface area (Å²) in [6, 6.07) is 22.7. The van der Waals surface area contributed by atoms with Gasteiger partial charge in [-0.25, -0.2) is 9.78 Å². The van der Waals surface area contributed by atoms with Crippen molar-refractivity contribution in [1.82, 2.24) is 4.98 Å². The maximum atomic E-state index is 12.5. The van der Waals surface area contributed by atoms with Crippen molar-refractivity contribution < 1.29 is 14.7 Å². The predicted octanol–water partition coefficient (Wildman–Crippen LogP) is 7.28. The van der Waals surface area contributed by atoms with Gasteiger partial charge in [0, 0.05) is 11.8 Å². The summed E-state index contributed by atoms with van der Waals surface area (Å²) >= 11 is 1.71. The molecule has 3 aromatic carbocycles. The monoisotopic (exact) mass is 510 g/mol. The molecule has 0 radical (unpaired) electrons. The van der Waals surface area contributed by atoms with E-state index < -0.39 is 5.97 Å². The summed E-state index contributed by atoms with van der Waals surface area (Å²) in [5, 5.41) is 10.1. The van der Waals surface area contributed by atoms with E-state index in [1.807, 2.05) is 36.1 Å². The Morgan fingerprint density at radius 1 is 1.03 bits per heavy atom. The Morgan fingerprint density at radius 2 is 1.78 bits per heavy atom. The lowest BCUT2D eigenvalue weighted by Gasteiger charge is -2.45. The molecule has 1 saturated carbocycles. The van der Waals surface area contributed by atoms with Crippen LogP contribution in [0.3, 0.4) is 0 Å². The van der Waals surface area contributed by atoms with Gasteiger partial charge in [0.25, 0.3) is 0 Å². The van der Waals surface area contributed by atoms with Gasteiger partial charge in [-0.15, -0.1) is 11.3 Å². The van der Waals surface area contributed by atoms with Crippen LogP contribution >= 0.6 is 11.3 Å². The lowest BCUT2D eigenvalue weighted by molar-refractivity contribution is -0.131. The smallest absolute Gasteiger partial charge is 0.328 e. The van der Waals surface area contributed by atoms with Crippen LogP contribution in [0.1, 0.15) is 48.2 Å². The molecule has 1 heterocycles. The first-order valence-corrected chi connectivity index (χ1v) is 13.5. The number of carboxylic acid groups (broad SMARTS) is 1. The Labute approximate surface area is 221 Å². The van der Waals surface area contributed by atoms with E-state index in [0.29, 0.717) is 0 Å². The largest absolute Gasteiger partial charge is 0.478 e. The van der Waals surface area contributed by atoms with Gasteiger partial charge < -0.3 is 10.0 Å². The maximum Gasteiger partial charge on any atom is 0.328 e. The topological polar surface area (TPSA) is 70.5 Å². The zero-order valence-electron chi connectivity index (χ0n) is 20.9. The molecule has 4 aromatic rings. The van der Waals surface area contributed by atoms with Crippen molar-refractivity contribution >= 4 is 45.7 Å². The van der Waals surface area contributed by atoms with Crippen LogP contribution in [0, 0.1) is 6.92 Å². The second-order valence-corrected chi connectivity index (χ2v) is 11.1. The van der Waals surface area contributed by atoms with E-state index in [4.69, 9.17) is 5.11 Å². The van der Waals surface area contributed by atoms with Crippen LogP contribution in [-0.2, 0) is 16.0 Å². The molecule has 0 unspecified atom stereocenters. The number of hydrogen-bond donors (Lipinski definition) is 1. The van der Waals surface area contributed by atoms with E-state index in [9.17, 15) is 9.59 Å². The third-order valence-corrected chi connectivity index (χ3v) is 8.22. The highest BCUT2D eigenvalue weighted by atomic mass is 32.1. The number of hydrogen-bond acceptors (Lipinski definition) is 4. The molecule has 188 valence electrons. The van der Waals surface area contributed by atoms with E-state index in [0.717, 1.165) is 66.4 Å². The number of aryl methyl sites for hydroxylation is 1. The third kappa shape index (κ3) is 5.49. The van der Waals surface area contributed by atoms with Crippen molar-refractivity contribution in [1.29, 1.82) is 0 Å². The van der Waals surface area contributed by atoms with Gasteiger partial charge in [-0.05, 0) is 78.8 Å². The first-order valence-electron chi connectivity index (χ1n) is 12.7. The van der Waals surface area contributed by atoms with Gasteiger partial charge in [-0.1, -0.05) is 61.7 Å². The Hall–Kier alpha value is -3.77. The van der Waals surface area contributed by atoms with E-state index in [1.165, 1.54) is 27.8 Å². The fourth-order valence-electron chi connectivity index (χ4n) is 5.52. The number of anilines is 1. The van der Waals surface area contributed by atoms with Crippen molar-refractivity contribution in [2.75, 3.05) is 4.90 Å². The van der Waals surface area contributed by atoms with Gasteiger partial charge in [0.1, 0.15) is 0 Å². The van der Waals surface area contributed by atoms with Crippen LogP contribution in [0.25, 0.3) is 27.4 Å². The van der Waals surface area contributed by atoms with Gasteiger partial charge in [0.2, 0.25) is 6.41 Å². The molecular weight excluding hydrogens is 480 g/mol. The van der Waals surface area contributed by atoms with Crippen LogP contribution in [0.4, 0.5) is 5.69 Å². The zero-order valence-corrected chi connectivity index (χ0v) is 21.7. The molecule has 1 amide bonds. The Morgan fingerprint density at radius 3 is 2.51 bits per heavy atom. The van der Waals surface area contributed by atoms with Gasteiger partial charge in [0.05, 0.1) is 20.8 Å². The number of benzene rings is 3. The number of aromatic nitrogens is 1. The maximum absolute atomic E-state index is 12.5. The molecule has 0 bridgehead atoms. The summed E-state index contributed by atoms with van der Waals surface area (Å²) < 4.78 is 1.20. The minimum atomic E-state index is -0.994. The fraction of sp³-hybridized carbons (Fsp3) is 0.258. The minimum Gasteiger partial charge on any atom is -0.478 e. The molecule has 1 aliphatic carbocycles. The van der Waals surface area contributed by atoms with Gasteiger partial charge in [-0.3, -0.25) is 4.79 Å². The first-order chi connectivity index (χ1) is 18.0. The number of thiazole rings is 1. The van der Waals surface area contributed by atoms with Crippen molar-refractivity contribution in [3.8, 4) is 11.1 Å². The number of nitrogens with zero attached hydrogens (tertiary/aromatic N) is 2. The predicted molar refractivity (Wildman–Crippen MR) is 151 cm³/mol. The second kappa shape index (κ2) is 10.7. The molecule has 1 N–H and O–H groups in total. The fourth-order valence-corrected chi connectivity index (χ4v) is 6.39. The molecule has 1 aliphatic rings. The molecule has 6 heteroatoms. The molecule has 0 saturated heterocycles. The summed E-state index contributed by atoms with van der Waals surface area (Å²) in [4.78, 5) is 30.0. The highest BCUT2D eigenvalue weighted by Crippen LogP contribution is 2.39. The number of carbonyl (C=O) groups is 2. The van der Waals surface area contributed by atoms with Crippen molar-refractivity contribution in [2.24, 2.45) is 0 Å². The van der Waals surface area contributed by atoms with Gasteiger partial charge in [0.15, 0.2) is 0 Å². The summed E-state index contributed by atoms with van der Waals surface area (Å²) in [6.07, 6.45) is 9.61. The van der Waals surface area contributed by atoms with Crippen LogP contribution < -0.4 is 4.90 Å². The zero-order chi connectivity index (χ0) is 25.8. The van der Waals surface area contributed by atoms with Crippen molar-refractivity contribution in [3.63, 3.8) is 0 Å². The van der Waals surface area contributed by atoms with Crippen LogP contribution in [0.15, 0.2) is 72.8 Å². The summed E-state index contributed by atoms with van der Waals surface area (Å²) in [5.41, 5.74) is 5.84. The van der Waals surface area contributed by atoms with Gasteiger partial charge in [-0.2, -0.15) is 0 Å². The molecule has 37 heavy (non-hydrogen) atoms. The number of fused-ring (bicyclic) bond motifs is 1. The second-order valence-electron chi connectivity index (χ2n) is 9.82. The molecule has 5 rings (SSSR count). The SMILES string of the molecule is Cc1nc2ccc(-c3ccc(CC4(N(C=O)c5cccc(/C=C/C(=O)O)c5)CCCCC4)cc3)cc2s1. The quantitative estimate of drug-likeness (QED) is 0.200.